The van der Waals surface area contributed by atoms with Crippen molar-refractivity contribution >= 4 is 16.7 Å². The molecule has 84 valence electrons. The lowest BCUT2D eigenvalue weighted by Gasteiger charge is -2.08. The number of fused-ring (bicyclic) bond motifs is 1. The number of aromatic nitrogens is 2. The van der Waals surface area contributed by atoms with Crippen LogP contribution >= 0.6 is 0 Å². The molecule has 0 saturated heterocycles. The Kier molecular flexibility index (Phi) is 2.85. The summed E-state index contributed by atoms with van der Waals surface area (Å²) in [5.41, 5.74) is 0.559. The Morgan fingerprint density at radius 1 is 1.38 bits per heavy atom. The number of anilines is 1. The van der Waals surface area contributed by atoms with Crippen molar-refractivity contribution in [1.29, 1.82) is 0 Å². The fraction of sp³-hybridized carbons (Fsp3) is 0.273. The predicted molar refractivity (Wildman–Crippen MR) is 60.2 cm³/mol. The number of hydrogen-bond donors (Lipinski definition) is 1. The molecule has 5 heteroatoms. The van der Waals surface area contributed by atoms with Crippen LogP contribution in [0.15, 0.2) is 18.5 Å². The van der Waals surface area contributed by atoms with E-state index in [0.29, 0.717) is 11.3 Å². The zero-order valence-corrected chi connectivity index (χ0v) is 9.12. The predicted octanol–water partition coefficient (Wildman–Crippen LogP) is 2.21. The molecule has 0 amide bonds. The smallest absolute Gasteiger partial charge is 0.167 e. The lowest BCUT2D eigenvalue weighted by Crippen LogP contribution is -2.01. The van der Waals surface area contributed by atoms with Gasteiger partial charge in [-0.1, -0.05) is 0 Å². The first-order chi connectivity index (χ1) is 7.76. The van der Waals surface area contributed by atoms with E-state index in [4.69, 9.17) is 4.74 Å². The second-order valence-corrected chi connectivity index (χ2v) is 3.26. The summed E-state index contributed by atoms with van der Waals surface area (Å²) < 4.78 is 18.4. The van der Waals surface area contributed by atoms with Crippen molar-refractivity contribution in [3.63, 3.8) is 0 Å². The van der Waals surface area contributed by atoms with Gasteiger partial charge >= 0.3 is 0 Å². The van der Waals surface area contributed by atoms with Gasteiger partial charge in [0.1, 0.15) is 12.1 Å². The Morgan fingerprint density at radius 3 is 2.88 bits per heavy atom. The summed E-state index contributed by atoms with van der Waals surface area (Å²) in [5.74, 6) is 0.461. The van der Waals surface area contributed by atoms with E-state index in [1.807, 2.05) is 6.92 Å². The summed E-state index contributed by atoms with van der Waals surface area (Å²) >= 11 is 0. The van der Waals surface area contributed by atoms with Gasteiger partial charge in [0, 0.05) is 18.0 Å². The number of methoxy groups -OCH3 is 1. The second-order valence-electron chi connectivity index (χ2n) is 3.26. The maximum atomic E-state index is 13.4. The molecule has 1 heterocycles. The van der Waals surface area contributed by atoms with Crippen molar-refractivity contribution in [1.82, 2.24) is 9.97 Å². The lowest BCUT2D eigenvalue weighted by atomic mass is 10.2. The molecule has 2 aromatic rings. The summed E-state index contributed by atoms with van der Waals surface area (Å²) in [6, 6.07) is 2.94. The average Bonchev–Trinajstić information content (AvgIpc) is 2.29. The fourth-order valence-electron chi connectivity index (χ4n) is 1.52. The summed E-state index contributed by atoms with van der Waals surface area (Å²) in [6.07, 6.45) is 1.41. The molecule has 0 fully saturated rings. The van der Waals surface area contributed by atoms with Gasteiger partial charge < -0.3 is 10.1 Å². The molecule has 1 aromatic carbocycles. The SMILES string of the molecule is CCNc1ncnc2cc(F)c(OC)cc12. The van der Waals surface area contributed by atoms with Crippen molar-refractivity contribution in [2.75, 3.05) is 19.0 Å². The molecule has 0 radical (unpaired) electrons. The third kappa shape index (κ3) is 1.76. The number of rotatable bonds is 3. The quantitative estimate of drug-likeness (QED) is 0.863. The van der Waals surface area contributed by atoms with Crippen LogP contribution in [0.25, 0.3) is 10.9 Å². The maximum absolute atomic E-state index is 13.4. The van der Waals surface area contributed by atoms with Gasteiger partial charge in [-0.25, -0.2) is 14.4 Å². The molecule has 0 aliphatic rings. The van der Waals surface area contributed by atoms with Gasteiger partial charge in [0.25, 0.3) is 0 Å². The van der Waals surface area contributed by atoms with Crippen molar-refractivity contribution in [2.24, 2.45) is 0 Å². The van der Waals surface area contributed by atoms with Crippen molar-refractivity contribution in [3.05, 3.63) is 24.3 Å². The average molecular weight is 221 g/mol. The Labute approximate surface area is 92.5 Å². The minimum Gasteiger partial charge on any atom is -0.494 e. The number of ether oxygens (including phenoxy) is 1. The van der Waals surface area contributed by atoms with E-state index in [1.165, 1.54) is 19.5 Å². The first-order valence-corrected chi connectivity index (χ1v) is 4.98. The standard InChI is InChI=1S/C11H12FN3O/c1-3-13-11-7-4-10(16-2)8(12)5-9(7)14-6-15-11/h4-6H,3H2,1-2H3,(H,13,14,15). The molecule has 0 aliphatic heterocycles. The van der Waals surface area contributed by atoms with E-state index < -0.39 is 5.82 Å². The zero-order chi connectivity index (χ0) is 11.5. The van der Waals surface area contributed by atoms with E-state index >= 15 is 0 Å². The summed E-state index contributed by atoms with van der Waals surface area (Å²) in [6.45, 7) is 2.71. The van der Waals surface area contributed by atoms with Crippen LogP contribution in [-0.4, -0.2) is 23.6 Å². The maximum Gasteiger partial charge on any atom is 0.167 e. The highest BCUT2D eigenvalue weighted by atomic mass is 19.1. The van der Waals surface area contributed by atoms with Gasteiger partial charge in [-0.15, -0.1) is 0 Å². The van der Waals surface area contributed by atoms with E-state index in [0.717, 1.165) is 11.9 Å². The summed E-state index contributed by atoms with van der Waals surface area (Å²) in [7, 11) is 1.43. The molecule has 0 saturated carbocycles. The number of hydrogen-bond acceptors (Lipinski definition) is 4. The molecule has 0 bridgehead atoms. The van der Waals surface area contributed by atoms with Crippen LogP contribution in [0.2, 0.25) is 0 Å². The molecule has 1 aromatic heterocycles. The van der Waals surface area contributed by atoms with Crippen LogP contribution in [0.5, 0.6) is 5.75 Å². The molecule has 4 nitrogen and oxygen atoms in total. The third-order valence-electron chi connectivity index (χ3n) is 2.25. The minimum atomic E-state index is -0.420. The Balaban J connectivity index is 2.66. The van der Waals surface area contributed by atoms with Gasteiger partial charge in [-0.3, -0.25) is 0 Å². The summed E-state index contributed by atoms with van der Waals surface area (Å²) in [4.78, 5) is 8.12. The van der Waals surface area contributed by atoms with Gasteiger partial charge in [0.15, 0.2) is 11.6 Å². The highest BCUT2D eigenvalue weighted by Gasteiger charge is 2.09. The zero-order valence-electron chi connectivity index (χ0n) is 9.12. The monoisotopic (exact) mass is 221 g/mol. The number of benzene rings is 1. The highest BCUT2D eigenvalue weighted by molar-refractivity contribution is 5.90. The fourth-order valence-corrected chi connectivity index (χ4v) is 1.52. The number of halogens is 1. The Morgan fingerprint density at radius 2 is 2.19 bits per heavy atom. The third-order valence-corrected chi connectivity index (χ3v) is 2.25. The van der Waals surface area contributed by atoms with Gasteiger partial charge in [-0.05, 0) is 13.0 Å². The van der Waals surface area contributed by atoms with Crippen LogP contribution in [0.1, 0.15) is 6.92 Å². The molecule has 2 rings (SSSR count). The van der Waals surface area contributed by atoms with Gasteiger partial charge in [0.05, 0.1) is 12.6 Å². The molecule has 0 aliphatic carbocycles. The van der Waals surface area contributed by atoms with Gasteiger partial charge in [0.2, 0.25) is 0 Å². The van der Waals surface area contributed by atoms with Crippen molar-refractivity contribution in [3.8, 4) is 5.75 Å². The van der Waals surface area contributed by atoms with E-state index in [-0.39, 0.29) is 5.75 Å². The molecule has 0 unspecified atom stereocenters. The Hall–Kier alpha value is -1.91. The molecule has 1 N–H and O–H groups in total. The summed E-state index contributed by atoms with van der Waals surface area (Å²) in [5, 5.41) is 3.84. The Bertz CT molecular complexity index is 516. The molecule has 16 heavy (non-hydrogen) atoms. The first kappa shape index (κ1) is 10.6. The lowest BCUT2D eigenvalue weighted by molar-refractivity contribution is 0.387. The van der Waals surface area contributed by atoms with Crippen LogP contribution < -0.4 is 10.1 Å². The second kappa shape index (κ2) is 4.30. The highest BCUT2D eigenvalue weighted by Crippen LogP contribution is 2.26. The number of nitrogens with one attached hydrogen (secondary N) is 1. The van der Waals surface area contributed by atoms with Gasteiger partial charge in [-0.2, -0.15) is 0 Å². The van der Waals surface area contributed by atoms with Crippen LogP contribution in [0.3, 0.4) is 0 Å². The first-order valence-electron chi connectivity index (χ1n) is 4.98. The van der Waals surface area contributed by atoms with E-state index in [2.05, 4.69) is 15.3 Å². The van der Waals surface area contributed by atoms with Crippen molar-refractivity contribution < 1.29 is 9.13 Å². The van der Waals surface area contributed by atoms with Crippen molar-refractivity contribution in [2.45, 2.75) is 6.92 Å². The minimum absolute atomic E-state index is 0.196. The van der Waals surface area contributed by atoms with Crippen LogP contribution in [-0.2, 0) is 0 Å². The largest absolute Gasteiger partial charge is 0.494 e. The van der Waals surface area contributed by atoms with E-state index in [9.17, 15) is 4.39 Å². The number of nitrogens with zero attached hydrogens (tertiary/aromatic N) is 2. The van der Waals surface area contributed by atoms with Crippen LogP contribution in [0.4, 0.5) is 10.2 Å². The molecular formula is C11H12FN3O. The van der Waals surface area contributed by atoms with E-state index in [1.54, 1.807) is 6.07 Å². The molecule has 0 spiro atoms. The topological polar surface area (TPSA) is 47.0 Å². The molecular weight excluding hydrogens is 209 g/mol. The van der Waals surface area contributed by atoms with Crippen LogP contribution in [0, 0.1) is 5.82 Å². The normalized spacial score (nSPS) is 10.4. The molecule has 0 atom stereocenters.